The van der Waals surface area contributed by atoms with E-state index < -0.39 is 5.97 Å². The third-order valence-electron chi connectivity index (χ3n) is 4.90. The molecule has 2 aromatic carbocycles. The summed E-state index contributed by atoms with van der Waals surface area (Å²) in [5.74, 6) is 0.482. The summed E-state index contributed by atoms with van der Waals surface area (Å²) in [4.78, 5) is 24.7. The zero-order chi connectivity index (χ0) is 21.1. The molecule has 6 heteroatoms. The molecule has 4 rings (SSSR count). The quantitative estimate of drug-likeness (QED) is 0.349. The maximum Gasteiger partial charge on any atom is 0.331 e. The highest BCUT2D eigenvalue weighted by Crippen LogP contribution is 2.32. The maximum absolute atomic E-state index is 12.6. The number of nitrogens with zero attached hydrogens (tertiary/aromatic N) is 1. The van der Waals surface area contributed by atoms with E-state index in [1.54, 1.807) is 24.3 Å². The minimum atomic E-state index is -0.585. The first-order valence-electron chi connectivity index (χ1n) is 9.55. The minimum absolute atomic E-state index is 0.192. The lowest BCUT2D eigenvalue weighted by Crippen LogP contribution is -2.13. The molecule has 0 spiro atoms. The number of para-hydroxylation sites is 1. The molecule has 3 aromatic rings. The van der Waals surface area contributed by atoms with Gasteiger partial charge in [0.1, 0.15) is 0 Å². The van der Waals surface area contributed by atoms with Crippen LogP contribution in [-0.2, 0) is 9.53 Å². The third-order valence-corrected chi connectivity index (χ3v) is 4.90. The Kier molecular flexibility index (Phi) is 5.39. The van der Waals surface area contributed by atoms with Gasteiger partial charge in [-0.1, -0.05) is 24.3 Å². The Balaban J connectivity index is 1.39. The van der Waals surface area contributed by atoms with Crippen molar-refractivity contribution in [2.75, 3.05) is 13.4 Å². The topological polar surface area (TPSA) is 66.8 Å². The molecule has 0 amide bonds. The van der Waals surface area contributed by atoms with Crippen molar-refractivity contribution >= 4 is 17.8 Å². The van der Waals surface area contributed by atoms with E-state index in [4.69, 9.17) is 14.2 Å². The molecule has 0 N–H and O–H groups in total. The van der Waals surface area contributed by atoms with Crippen LogP contribution in [0.5, 0.6) is 11.5 Å². The summed E-state index contributed by atoms with van der Waals surface area (Å²) in [5.41, 5.74) is 4.06. The molecule has 2 heterocycles. The molecule has 6 nitrogen and oxygen atoms in total. The van der Waals surface area contributed by atoms with Crippen LogP contribution in [-0.4, -0.2) is 29.7 Å². The molecule has 1 aliphatic rings. The van der Waals surface area contributed by atoms with Gasteiger partial charge in [0.2, 0.25) is 12.6 Å². The Bertz CT molecular complexity index is 1130. The number of carbonyl (C=O) groups is 2. The Morgan fingerprint density at radius 2 is 1.80 bits per heavy atom. The minimum Gasteiger partial charge on any atom is -0.454 e. The molecule has 1 aromatic heterocycles. The second kappa shape index (κ2) is 8.29. The lowest BCUT2D eigenvalue weighted by atomic mass is 10.1. The van der Waals surface area contributed by atoms with Gasteiger partial charge in [-0.15, -0.1) is 0 Å². The number of fused-ring (bicyclic) bond motifs is 1. The van der Waals surface area contributed by atoms with Crippen molar-refractivity contribution in [2.45, 2.75) is 13.8 Å². The molecule has 0 unspecified atom stereocenters. The fraction of sp³-hybridized carbons (Fsp3) is 0.167. The highest BCUT2D eigenvalue weighted by Gasteiger charge is 2.18. The molecule has 152 valence electrons. The number of ether oxygens (including phenoxy) is 3. The lowest BCUT2D eigenvalue weighted by Gasteiger charge is -2.09. The maximum atomic E-state index is 12.6. The van der Waals surface area contributed by atoms with E-state index in [-0.39, 0.29) is 19.2 Å². The molecule has 0 bridgehead atoms. The van der Waals surface area contributed by atoms with Crippen LogP contribution in [0.3, 0.4) is 0 Å². The van der Waals surface area contributed by atoms with Gasteiger partial charge in [0.05, 0.1) is 0 Å². The van der Waals surface area contributed by atoms with Crippen molar-refractivity contribution in [2.24, 2.45) is 0 Å². The normalized spacial score (nSPS) is 12.3. The molecule has 0 atom stereocenters. The van der Waals surface area contributed by atoms with E-state index in [1.165, 1.54) is 6.08 Å². The summed E-state index contributed by atoms with van der Waals surface area (Å²) < 4.78 is 17.7. The first kappa shape index (κ1) is 19.5. The Hall–Kier alpha value is -3.80. The average Bonchev–Trinajstić information content (AvgIpc) is 3.34. The fourth-order valence-electron chi connectivity index (χ4n) is 3.46. The molecule has 0 fully saturated rings. The summed E-state index contributed by atoms with van der Waals surface area (Å²) in [6.07, 6.45) is 2.90. The number of rotatable bonds is 6. The van der Waals surface area contributed by atoms with Gasteiger partial charge in [0, 0.05) is 28.7 Å². The van der Waals surface area contributed by atoms with Gasteiger partial charge in [0.15, 0.2) is 18.1 Å². The van der Waals surface area contributed by atoms with Gasteiger partial charge in [-0.3, -0.25) is 4.79 Å². The molecular formula is C24H21NO5. The first-order valence-corrected chi connectivity index (χ1v) is 9.55. The molecule has 1 aliphatic heterocycles. The number of hydrogen-bond acceptors (Lipinski definition) is 5. The second-order valence-electron chi connectivity index (χ2n) is 6.93. The number of aromatic nitrogens is 1. The van der Waals surface area contributed by atoms with E-state index in [2.05, 4.69) is 0 Å². The molecule has 0 radical (unpaired) electrons. The van der Waals surface area contributed by atoms with E-state index in [1.807, 2.05) is 54.8 Å². The number of esters is 1. The predicted octanol–water partition coefficient (Wildman–Crippen LogP) is 4.26. The lowest BCUT2D eigenvalue weighted by molar-refractivity contribution is -0.136. The molecule has 30 heavy (non-hydrogen) atoms. The summed E-state index contributed by atoms with van der Waals surface area (Å²) in [7, 11) is 0. The first-order chi connectivity index (χ1) is 14.5. The van der Waals surface area contributed by atoms with Crippen molar-refractivity contribution in [1.82, 2.24) is 4.57 Å². The predicted molar refractivity (Wildman–Crippen MR) is 112 cm³/mol. The van der Waals surface area contributed by atoms with Gasteiger partial charge in [-0.2, -0.15) is 0 Å². The number of hydrogen-bond donors (Lipinski definition) is 0. The zero-order valence-corrected chi connectivity index (χ0v) is 16.8. The van der Waals surface area contributed by atoms with Gasteiger partial charge >= 0.3 is 5.97 Å². The van der Waals surface area contributed by atoms with Crippen molar-refractivity contribution < 1.29 is 23.8 Å². The standard InChI is InChI=1S/C24H21NO5/c1-16-12-20(17(2)25(16)19-6-4-3-5-7-19)21(26)14-28-24(27)11-9-18-8-10-22-23(13-18)30-15-29-22/h3-13H,14-15H2,1-2H3. The van der Waals surface area contributed by atoms with Crippen LogP contribution in [0.25, 0.3) is 11.8 Å². The van der Waals surface area contributed by atoms with Crippen LogP contribution in [0, 0.1) is 13.8 Å². The zero-order valence-electron chi connectivity index (χ0n) is 16.8. The van der Waals surface area contributed by atoms with Crippen LogP contribution >= 0.6 is 0 Å². The summed E-state index contributed by atoms with van der Waals surface area (Å²) >= 11 is 0. The number of ketones is 1. The molecule has 0 saturated carbocycles. The Labute approximate surface area is 174 Å². The van der Waals surface area contributed by atoms with E-state index >= 15 is 0 Å². The van der Waals surface area contributed by atoms with Gasteiger partial charge in [-0.25, -0.2) is 4.79 Å². The summed E-state index contributed by atoms with van der Waals surface area (Å²) in [6.45, 7) is 3.70. The van der Waals surface area contributed by atoms with Crippen LogP contribution in [0.2, 0.25) is 0 Å². The van der Waals surface area contributed by atoms with Crippen molar-refractivity contribution in [3.63, 3.8) is 0 Å². The largest absolute Gasteiger partial charge is 0.454 e. The molecule has 0 aliphatic carbocycles. The summed E-state index contributed by atoms with van der Waals surface area (Å²) in [6, 6.07) is 17.0. The SMILES string of the molecule is Cc1cc(C(=O)COC(=O)C=Cc2ccc3c(c2)OCO3)c(C)n1-c1ccccc1. The number of benzene rings is 2. The highest BCUT2D eigenvalue weighted by atomic mass is 16.7. The third kappa shape index (κ3) is 3.98. The number of Topliss-reactive ketones (excluding diaryl/α,β-unsaturated/α-hetero) is 1. The van der Waals surface area contributed by atoms with E-state index in [9.17, 15) is 9.59 Å². The highest BCUT2D eigenvalue weighted by molar-refractivity contribution is 6.00. The Morgan fingerprint density at radius 3 is 2.60 bits per heavy atom. The fourth-order valence-corrected chi connectivity index (χ4v) is 3.46. The van der Waals surface area contributed by atoms with Crippen LogP contribution < -0.4 is 9.47 Å². The van der Waals surface area contributed by atoms with Crippen LogP contribution in [0.4, 0.5) is 0 Å². The van der Waals surface area contributed by atoms with E-state index in [0.29, 0.717) is 17.1 Å². The smallest absolute Gasteiger partial charge is 0.331 e. The van der Waals surface area contributed by atoms with Crippen molar-refractivity contribution in [3.8, 4) is 17.2 Å². The van der Waals surface area contributed by atoms with Gasteiger partial charge in [0.25, 0.3) is 0 Å². The number of carbonyl (C=O) groups excluding carboxylic acids is 2. The second-order valence-corrected chi connectivity index (χ2v) is 6.93. The summed E-state index contributed by atoms with van der Waals surface area (Å²) in [5, 5.41) is 0. The monoisotopic (exact) mass is 403 g/mol. The van der Waals surface area contributed by atoms with Crippen LogP contribution in [0.1, 0.15) is 27.3 Å². The molecule has 0 saturated heterocycles. The van der Waals surface area contributed by atoms with Crippen molar-refractivity contribution in [3.05, 3.63) is 83.2 Å². The average molecular weight is 403 g/mol. The number of aryl methyl sites for hydroxylation is 1. The van der Waals surface area contributed by atoms with Gasteiger partial charge in [-0.05, 0) is 55.8 Å². The van der Waals surface area contributed by atoms with Crippen molar-refractivity contribution in [1.29, 1.82) is 0 Å². The van der Waals surface area contributed by atoms with Gasteiger partial charge < -0.3 is 18.8 Å². The Morgan fingerprint density at radius 1 is 1.03 bits per heavy atom. The van der Waals surface area contributed by atoms with E-state index in [0.717, 1.165) is 22.6 Å². The molecular weight excluding hydrogens is 382 g/mol. The van der Waals surface area contributed by atoms with Crippen LogP contribution in [0.15, 0.2) is 60.7 Å².